The van der Waals surface area contributed by atoms with Gasteiger partial charge in [-0.3, -0.25) is 4.98 Å². The van der Waals surface area contributed by atoms with E-state index >= 15 is 0 Å². The number of benzene rings is 1. The Morgan fingerprint density at radius 2 is 2.28 bits per heavy atom. The third-order valence-electron chi connectivity index (χ3n) is 3.63. The number of piperidine rings is 1. The summed E-state index contributed by atoms with van der Waals surface area (Å²) in [6, 6.07) is 6.92. The lowest BCUT2D eigenvalue weighted by molar-refractivity contribution is 0.376. The maximum atomic E-state index is 13.1. The van der Waals surface area contributed by atoms with E-state index in [1.165, 1.54) is 30.5 Å². The number of nitrogens with one attached hydrogen (secondary N) is 1. The molecule has 2 aromatic rings. The molecule has 1 fully saturated rings. The molecule has 2 nitrogen and oxygen atoms in total. The van der Waals surface area contributed by atoms with Crippen molar-refractivity contribution in [3.05, 3.63) is 41.8 Å². The fourth-order valence-electron chi connectivity index (χ4n) is 2.68. The molecule has 3 heteroatoms. The monoisotopic (exact) mass is 244 g/mol. The molecule has 18 heavy (non-hydrogen) atoms. The summed E-state index contributed by atoms with van der Waals surface area (Å²) in [5, 5.41) is 4.46. The zero-order chi connectivity index (χ0) is 12.4. The molecule has 1 aliphatic heterocycles. The van der Waals surface area contributed by atoms with Crippen LogP contribution in [-0.2, 0) is 6.42 Å². The second-order valence-corrected chi connectivity index (χ2v) is 5.10. The smallest absolute Gasteiger partial charge is 0.125 e. The van der Waals surface area contributed by atoms with E-state index in [1.807, 2.05) is 6.20 Å². The molecule has 1 unspecified atom stereocenters. The van der Waals surface area contributed by atoms with Crippen LogP contribution in [0.15, 0.2) is 30.5 Å². The highest BCUT2D eigenvalue weighted by Gasteiger charge is 2.13. The van der Waals surface area contributed by atoms with Crippen LogP contribution in [0.4, 0.5) is 4.39 Å². The van der Waals surface area contributed by atoms with Crippen LogP contribution in [0.3, 0.4) is 0 Å². The van der Waals surface area contributed by atoms with Crippen molar-refractivity contribution in [1.82, 2.24) is 10.3 Å². The molecular formula is C15H17FN2. The lowest BCUT2D eigenvalue weighted by atomic mass is 9.92. The predicted octanol–water partition coefficient (Wildman–Crippen LogP) is 2.92. The lowest BCUT2D eigenvalue weighted by Crippen LogP contribution is -2.30. The molecule has 2 heterocycles. The Hall–Kier alpha value is -1.48. The van der Waals surface area contributed by atoms with Crippen LogP contribution in [0.25, 0.3) is 10.9 Å². The average molecular weight is 244 g/mol. The van der Waals surface area contributed by atoms with E-state index in [4.69, 9.17) is 0 Å². The van der Waals surface area contributed by atoms with Crippen LogP contribution in [0.5, 0.6) is 0 Å². The first-order valence-corrected chi connectivity index (χ1v) is 6.56. The van der Waals surface area contributed by atoms with Gasteiger partial charge in [-0.2, -0.15) is 0 Å². The Kier molecular flexibility index (Phi) is 3.24. The third-order valence-corrected chi connectivity index (χ3v) is 3.63. The summed E-state index contributed by atoms with van der Waals surface area (Å²) < 4.78 is 13.1. The van der Waals surface area contributed by atoms with Crippen molar-refractivity contribution in [3.63, 3.8) is 0 Å². The van der Waals surface area contributed by atoms with Gasteiger partial charge in [0, 0.05) is 17.6 Å². The number of nitrogens with zero attached hydrogens (tertiary/aromatic N) is 1. The quantitative estimate of drug-likeness (QED) is 0.878. The Labute approximate surface area is 106 Å². The van der Waals surface area contributed by atoms with E-state index in [2.05, 4.69) is 16.4 Å². The number of halogens is 1. The van der Waals surface area contributed by atoms with Crippen LogP contribution < -0.4 is 5.32 Å². The molecule has 0 amide bonds. The van der Waals surface area contributed by atoms with E-state index in [0.717, 1.165) is 30.4 Å². The molecule has 1 aromatic carbocycles. The molecular weight excluding hydrogens is 227 g/mol. The summed E-state index contributed by atoms with van der Waals surface area (Å²) in [6.45, 7) is 2.24. The van der Waals surface area contributed by atoms with Crippen molar-refractivity contribution in [1.29, 1.82) is 0 Å². The highest BCUT2D eigenvalue weighted by Crippen LogP contribution is 2.19. The Morgan fingerprint density at radius 1 is 1.33 bits per heavy atom. The fourth-order valence-corrected chi connectivity index (χ4v) is 2.68. The Bertz CT molecular complexity index is 547. The average Bonchev–Trinajstić information content (AvgIpc) is 2.40. The minimum atomic E-state index is -0.223. The number of hydrogen-bond donors (Lipinski definition) is 1. The minimum absolute atomic E-state index is 0.223. The van der Waals surface area contributed by atoms with Crippen LogP contribution in [0, 0.1) is 11.7 Å². The van der Waals surface area contributed by atoms with Gasteiger partial charge >= 0.3 is 0 Å². The molecule has 1 N–H and O–H groups in total. The number of fused-ring (bicyclic) bond motifs is 1. The molecule has 3 rings (SSSR count). The largest absolute Gasteiger partial charge is 0.316 e. The maximum Gasteiger partial charge on any atom is 0.125 e. The van der Waals surface area contributed by atoms with Crippen molar-refractivity contribution in [2.75, 3.05) is 13.1 Å². The van der Waals surface area contributed by atoms with Gasteiger partial charge in [-0.15, -0.1) is 0 Å². The van der Waals surface area contributed by atoms with Crippen LogP contribution in [-0.4, -0.2) is 18.1 Å². The predicted molar refractivity (Wildman–Crippen MR) is 71.0 cm³/mol. The summed E-state index contributed by atoms with van der Waals surface area (Å²) in [6.07, 6.45) is 5.50. The molecule has 1 aliphatic rings. The molecule has 1 atom stereocenters. The molecule has 1 saturated heterocycles. The number of aromatic nitrogens is 1. The highest BCUT2D eigenvalue weighted by molar-refractivity contribution is 5.78. The lowest BCUT2D eigenvalue weighted by Gasteiger charge is -2.22. The first-order valence-electron chi connectivity index (χ1n) is 6.56. The fraction of sp³-hybridized carbons (Fsp3) is 0.400. The number of rotatable bonds is 2. The van der Waals surface area contributed by atoms with E-state index in [0.29, 0.717) is 5.92 Å². The van der Waals surface area contributed by atoms with Crippen molar-refractivity contribution in [2.45, 2.75) is 19.3 Å². The van der Waals surface area contributed by atoms with E-state index in [1.54, 1.807) is 6.07 Å². The van der Waals surface area contributed by atoms with Gasteiger partial charge in [0.1, 0.15) is 5.82 Å². The van der Waals surface area contributed by atoms with Crippen LogP contribution in [0.1, 0.15) is 18.4 Å². The second-order valence-electron chi connectivity index (χ2n) is 5.10. The summed E-state index contributed by atoms with van der Waals surface area (Å²) in [5.41, 5.74) is 1.99. The van der Waals surface area contributed by atoms with Gasteiger partial charge in [-0.05, 0) is 62.0 Å². The van der Waals surface area contributed by atoms with E-state index in [-0.39, 0.29) is 5.82 Å². The standard InChI is InChI=1S/C15H17FN2/c16-14-4-3-13-7-12(10-18-15(13)8-14)6-11-2-1-5-17-9-11/h3-4,7-8,10-11,17H,1-2,5-6,9H2. The summed E-state index contributed by atoms with van der Waals surface area (Å²) >= 11 is 0. The van der Waals surface area contributed by atoms with Crippen molar-refractivity contribution in [2.24, 2.45) is 5.92 Å². The van der Waals surface area contributed by atoms with Crippen molar-refractivity contribution >= 4 is 10.9 Å². The molecule has 0 radical (unpaired) electrons. The van der Waals surface area contributed by atoms with E-state index in [9.17, 15) is 4.39 Å². The normalized spacial score (nSPS) is 20.2. The zero-order valence-electron chi connectivity index (χ0n) is 10.3. The summed E-state index contributed by atoms with van der Waals surface area (Å²) in [7, 11) is 0. The van der Waals surface area contributed by atoms with Gasteiger partial charge in [0.2, 0.25) is 0 Å². The Morgan fingerprint density at radius 3 is 3.11 bits per heavy atom. The number of pyridine rings is 1. The minimum Gasteiger partial charge on any atom is -0.316 e. The third kappa shape index (κ3) is 2.51. The van der Waals surface area contributed by atoms with Crippen LogP contribution in [0.2, 0.25) is 0 Å². The molecule has 1 aromatic heterocycles. The molecule has 0 saturated carbocycles. The van der Waals surface area contributed by atoms with Gasteiger partial charge < -0.3 is 5.32 Å². The topological polar surface area (TPSA) is 24.9 Å². The van der Waals surface area contributed by atoms with Gasteiger partial charge in [0.15, 0.2) is 0 Å². The number of hydrogen-bond acceptors (Lipinski definition) is 2. The molecule has 94 valence electrons. The van der Waals surface area contributed by atoms with Crippen molar-refractivity contribution in [3.8, 4) is 0 Å². The first kappa shape index (κ1) is 11.6. The van der Waals surface area contributed by atoms with Gasteiger partial charge in [-0.1, -0.05) is 0 Å². The van der Waals surface area contributed by atoms with Crippen LogP contribution >= 0.6 is 0 Å². The zero-order valence-corrected chi connectivity index (χ0v) is 10.3. The Balaban J connectivity index is 1.82. The molecule has 0 bridgehead atoms. The van der Waals surface area contributed by atoms with Crippen molar-refractivity contribution < 1.29 is 4.39 Å². The van der Waals surface area contributed by atoms with Gasteiger partial charge in [0.05, 0.1) is 5.52 Å². The van der Waals surface area contributed by atoms with Gasteiger partial charge in [0.25, 0.3) is 0 Å². The molecule has 0 aliphatic carbocycles. The second kappa shape index (κ2) is 5.02. The summed E-state index contributed by atoms with van der Waals surface area (Å²) in [5.74, 6) is 0.484. The molecule has 0 spiro atoms. The summed E-state index contributed by atoms with van der Waals surface area (Å²) in [4.78, 5) is 4.35. The highest BCUT2D eigenvalue weighted by atomic mass is 19.1. The SMILES string of the molecule is Fc1ccc2cc(CC3CCCNC3)cnc2c1. The van der Waals surface area contributed by atoms with Gasteiger partial charge in [-0.25, -0.2) is 4.39 Å². The first-order chi connectivity index (χ1) is 8.81. The maximum absolute atomic E-state index is 13.1. The van der Waals surface area contributed by atoms with E-state index < -0.39 is 0 Å².